The Hall–Kier alpha value is -2.07. The third-order valence-electron chi connectivity index (χ3n) is 3.09. The molecule has 22 heavy (non-hydrogen) atoms. The van der Waals surface area contributed by atoms with Gasteiger partial charge in [0.2, 0.25) is 0 Å². The molecular weight excluding hydrogens is 294 g/mol. The molecule has 0 unspecified atom stereocenters. The quantitative estimate of drug-likeness (QED) is 0.648. The summed E-state index contributed by atoms with van der Waals surface area (Å²) in [5.41, 5.74) is 1.03. The van der Waals surface area contributed by atoms with Gasteiger partial charge in [-0.2, -0.15) is 0 Å². The molecule has 0 aliphatic heterocycles. The number of ether oxygens (including phenoxy) is 2. The zero-order valence-electron chi connectivity index (χ0n) is 12.8. The van der Waals surface area contributed by atoms with E-state index >= 15 is 0 Å². The van der Waals surface area contributed by atoms with Gasteiger partial charge >= 0.3 is 0 Å². The molecule has 0 atom stereocenters. The fraction of sp³-hybridized carbons (Fsp3) is 0.278. The monoisotopic (exact) mass is 313 g/mol. The van der Waals surface area contributed by atoms with Crippen LogP contribution in [-0.2, 0) is 6.61 Å². The minimum Gasteiger partial charge on any atom is -0.493 e. The van der Waals surface area contributed by atoms with Gasteiger partial charge in [0.1, 0.15) is 23.1 Å². The van der Waals surface area contributed by atoms with Gasteiger partial charge in [-0.1, -0.05) is 32.0 Å². The van der Waals surface area contributed by atoms with Gasteiger partial charge in [0, 0.05) is 6.07 Å². The Morgan fingerprint density at radius 1 is 1.00 bits per heavy atom. The average molecular weight is 313 g/mol. The van der Waals surface area contributed by atoms with Crippen LogP contribution in [0.1, 0.15) is 18.9 Å². The topological polar surface area (TPSA) is 31.4 Å². The highest BCUT2D eigenvalue weighted by Gasteiger charge is 2.05. The molecule has 114 valence electrons. The molecule has 0 aliphatic rings. The van der Waals surface area contributed by atoms with Crippen LogP contribution in [0.3, 0.4) is 0 Å². The highest BCUT2D eigenvalue weighted by Crippen LogP contribution is 2.24. The van der Waals surface area contributed by atoms with Crippen molar-refractivity contribution in [2.75, 3.05) is 6.61 Å². The molecule has 3 nitrogen and oxygen atoms in total. The van der Waals surface area contributed by atoms with E-state index in [1.807, 2.05) is 42.5 Å². The van der Waals surface area contributed by atoms with Gasteiger partial charge in [-0.25, -0.2) is 4.98 Å². The predicted octanol–water partition coefficient (Wildman–Crippen LogP) is 4.91. The van der Waals surface area contributed by atoms with Gasteiger partial charge in [0.25, 0.3) is 0 Å². The fourth-order valence-electron chi connectivity index (χ4n) is 2.04. The van der Waals surface area contributed by atoms with Crippen LogP contribution in [0, 0.1) is 5.92 Å². The number of fused-ring (bicyclic) bond motifs is 1. The van der Waals surface area contributed by atoms with E-state index in [0.717, 1.165) is 22.0 Å². The molecule has 1 aromatic heterocycles. The maximum atomic E-state index is 5.84. The summed E-state index contributed by atoms with van der Waals surface area (Å²) in [6.45, 7) is 5.45. The number of hydrogen-bond acceptors (Lipinski definition) is 4. The van der Waals surface area contributed by atoms with Crippen molar-refractivity contribution < 1.29 is 9.47 Å². The van der Waals surface area contributed by atoms with Crippen molar-refractivity contribution in [1.82, 2.24) is 4.98 Å². The summed E-state index contributed by atoms with van der Waals surface area (Å²) < 4.78 is 12.7. The minimum absolute atomic E-state index is 0.479. The average Bonchev–Trinajstić information content (AvgIpc) is 2.94. The van der Waals surface area contributed by atoms with Crippen molar-refractivity contribution in [3.05, 3.63) is 53.5 Å². The van der Waals surface area contributed by atoms with Crippen molar-refractivity contribution in [2.24, 2.45) is 5.92 Å². The molecule has 3 rings (SSSR count). The molecule has 0 radical (unpaired) electrons. The van der Waals surface area contributed by atoms with E-state index in [0.29, 0.717) is 19.1 Å². The first-order chi connectivity index (χ1) is 10.7. The van der Waals surface area contributed by atoms with E-state index in [9.17, 15) is 0 Å². The van der Waals surface area contributed by atoms with Crippen molar-refractivity contribution >= 4 is 21.6 Å². The normalized spacial score (nSPS) is 11.0. The smallest absolute Gasteiger partial charge is 0.140 e. The molecule has 3 aromatic rings. The van der Waals surface area contributed by atoms with Crippen LogP contribution < -0.4 is 9.47 Å². The standard InChI is InChI=1S/C18H19NO2S/c1-13(2)11-20-14-6-5-7-15(10-14)21-12-18-19-16-8-3-4-9-17(16)22-18/h3-10,13H,11-12H2,1-2H3. The fourth-order valence-corrected chi connectivity index (χ4v) is 2.92. The predicted molar refractivity (Wildman–Crippen MR) is 90.7 cm³/mol. The van der Waals surface area contributed by atoms with Crippen LogP contribution >= 0.6 is 11.3 Å². The first-order valence-electron chi connectivity index (χ1n) is 7.41. The van der Waals surface area contributed by atoms with Crippen LogP contribution in [0.4, 0.5) is 0 Å². The van der Waals surface area contributed by atoms with E-state index < -0.39 is 0 Å². The molecule has 0 saturated heterocycles. The Morgan fingerprint density at radius 3 is 2.55 bits per heavy atom. The van der Waals surface area contributed by atoms with Crippen molar-refractivity contribution in [2.45, 2.75) is 20.5 Å². The van der Waals surface area contributed by atoms with Gasteiger partial charge in [0.15, 0.2) is 0 Å². The third kappa shape index (κ3) is 3.77. The van der Waals surface area contributed by atoms with Crippen molar-refractivity contribution in [3.63, 3.8) is 0 Å². The zero-order chi connectivity index (χ0) is 15.4. The number of para-hydroxylation sites is 1. The number of thiazole rings is 1. The summed E-state index contributed by atoms with van der Waals surface area (Å²) in [6.07, 6.45) is 0. The van der Waals surface area contributed by atoms with Gasteiger partial charge < -0.3 is 9.47 Å². The largest absolute Gasteiger partial charge is 0.493 e. The van der Waals surface area contributed by atoms with Crippen molar-refractivity contribution in [3.8, 4) is 11.5 Å². The third-order valence-corrected chi connectivity index (χ3v) is 4.10. The van der Waals surface area contributed by atoms with Gasteiger partial charge in [-0.3, -0.25) is 0 Å². The highest BCUT2D eigenvalue weighted by molar-refractivity contribution is 7.18. The summed E-state index contributed by atoms with van der Waals surface area (Å²) in [6, 6.07) is 15.9. The van der Waals surface area contributed by atoms with Gasteiger partial charge in [0.05, 0.1) is 16.8 Å². The lowest BCUT2D eigenvalue weighted by molar-refractivity contribution is 0.266. The lowest BCUT2D eigenvalue weighted by atomic mass is 10.2. The Labute approximate surface area is 134 Å². The van der Waals surface area contributed by atoms with Crippen LogP contribution in [-0.4, -0.2) is 11.6 Å². The van der Waals surface area contributed by atoms with Crippen LogP contribution in [0.2, 0.25) is 0 Å². The van der Waals surface area contributed by atoms with Crippen LogP contribution in [0.5, 0.6) is 11.5 Å². The summed E-state index contributed by atoms with van der Waals surface area (Å²) in [5.74, 6) is 2.16. The summed E-state index contributed by atoms with van der Waals surface area (Å²) in [4.78, 5) is 4.57. The summed E-state index contributed by atoms with van der Waals surface area (Å²) in [5, 5.41) is 0.981. The number of benzene rings is 2. The Kier molecular flexibility index (Phi) is 4.59. The molecule has 0 N–H and O–H groups in total. The molecular formula is C18H19NO2S. The van der Waals surface area contributed by atoms with Crippen LogP contribution in [0.25, 0.3) is 10.2 Å². The number of rotatable bonds is 6. The molecule has 0 bridgehead atoms. The second-order valence-corrected chi connectivity index (χ2v) is 6.66. The van der Waals surface area contributed by atoms with E-state index in [2.05, 4.69) is 24.9 Å². The molecule has 0 saturated carbocycles. The maximum Gasteiger partial charge on any atom is 0.140 e. The molecule has 1 heterocycles. The molecule has 4 heteroatoms. The number of nitrogens with zero attached hydrogens (tertiary/aromatic N) is 1. The Morgan fingerprint density at radius 2 is 1.77 bits per heavy atom. The number of aromatic nitrogens is 1. The minimum atomic E-state index is 0.479. The van der Waals surface area contributed by atoms with E-state index in [1.165, 1.54) is 4.70 Å². The second kappa shape index (κ2) is 6.79. The molecule has 0 aliphatic carbocycles. The summed E-state index contributed by atoms with van der Waals surface area (Å²) >= 11 is 1.67. The lowest BCUT2D eigenvalue weighted by Crippen LogP contribution is -2.04. The van der Waals surface area contributed by atoms with Gasteiger partial charge in [-0.15, -0.1) is 11.3 Å². The summed E-state index contributed by atoms with van der Waals surface area (Å²) in [7, 11) is 0. The highest BCUT2D eigenvalue weighted by atomic mass is 32.1. The molecule has 0 amide bonds. The van der Waals surface area contributed by atoms with Crippen LogP contribution in [0.15, 0.2) is 48.5 Å². The molecule has 0 fully saturated rings. The maximum absolute atomic E-state index is 5.84. The Balaban J connectivity index is 1.64. The first-order valence-corrected chi connectivity index (χ1v) is 8.22. The van der Waals surface area contributed by atoms with E-state index in [4.69, 9.17) is 9.47 Å². The first kappa shape index (κ1) is 14.9. The van der Waals surface area contributed by atoms with Gasteiger partial charge in [-0.05, 0) is 30.2 Å². The van der Waals surface area contributed by atoms with E-state index in [-0.39, 0.29) is 0 Å². The molecule has 2 aromatic carbocycles. The molecule has 0 spiro atoms. The SMILES string of the molecule is CC(C)COc1cccc(OCc2nc3ccccc3s2)c1. The van der Waals surface area contributed by atoms with Crippen molar-refractivity contribution in [1.29, 1.82) is 0 Å². The lowest BCUT2D eigenvalue weighted by Gasteiger charge is -2.10. The number of hydrogen-bond donors (Lipinski definition) is 0. The van der Waals surface area contributed by atoms with E-state index in [1.54, 1.807) is 11.3 Å². The Bertz CT molecular complexity index is 718. The zero-order valence-corrected chi connectivity index (χ0v) is 13.6. The second-order valence-electron chi connectivity index (χ2n) is 5.54.